The predicted octanol–water partition coefficient (Wildman–Crippen LogP) is 2.58. The Kier molecular flexibility index (Phi) is 2.45. The largest absolute Gasteiger partial charge is 0.366 e. The van der Waals surface area contributed by atoms with Gasteiger partial charge in [0.1, 0.15) is 0 Å². The van der Waals surface area contributed by atoms with Crippen molar-refractivity contribution >= 4 is 16.8 Å². The highest BCUT2D eigenvalue weighted by Crippen LogP contribution is 2.30. The first-order valence-corrected chi connectivity index (χ1v) is 6.12. The van der Waals surface area contributed by atoms with Crippen molar-refractivity contribution in [3.8, 4) is 11.3 Å². The summed E-state index contributed by atoms with van der Waals surface area (Å²) >= 11 is 0. The summed E-state index contributed by atoms with van der Waals surface area (Å²) in [6, 6.07) is 9.95. The maximum Gasteiger partial charge on any atom is 0.250 e. The van der Waals surface area contributed by atoms with E-state index >= 15 is 0 Å². The van der Waals surface area contributed by atoms with E-state index < -0.39 is 0 Å². The minimum absolute atomic E-state index is 0.390. The molecule has 4 nitrogen and oxygen atoms in total. The number of aromatic nitrogens is 2. The molecule has 0 fully saturated rings. The molecule has 0 bridgehead atoms. The molecule has 3 rings (SSSR count). The first-order valence-electron chi connectivity index (χ1n) is 6.12. The Labute approximate surface area is 110 Å². The number of nitrogens with two attached hydrogens (primary N) is 1. The van der Waals surface area contributed by atoms with E-state index in [-0.39, 0.29) is 5.91 Å². The Hall–Kier alpha value is -2.49. The zero-order valence-corrected chi connectivity index (χ0v) is 10.9. The molecule has 1 amide bonds. The first-order chi connectivity index (χ1) is 9.09. The number of fused-ring (bicyclic) bond motifs is 1. The van der Waals surface area contributed by atoms with Crippen LogP contribution in [0.1, 0.15) is 16.1 Å². The minimum Gasteiger partial charge on any atom is -0.366 e. The molecule has 0 saturated heterocycles. The Morgan fingerprint density at radius 2 is 2.05 bits per heavy atom. The number of benzene rings is 1. The van der Waals surface area contributed by atoms with Gasteiger partial charge >= 0.3 is 0 Å². The standard InChI is InChI=1S/C15H15N3O/c1-9-11(15(16)19)7-14(18(9)2)12-8-17-13-6-4-3-5-10(12)13/h3-8,17H,1-2H3,(H2,16,19). The molecule has 1 aromatic carbocycles. The number of para-hydroxylation sites is 1. The molecule has 0 aliphatic rings. The Bertz CT molecular complexity index is 780. The van der Waals surface area contributed by atoms with Gasteiger partial charge in [-0.2, -0.15) is 0 Å². The highest BCUT2D eigenvalue weighted by atomic mass is 16.1. The van der Waals surface area contributed by atoms with Gasteiger partial charge in [-0.05, 0) is 19.1 Å². The molecule has 3 N–H and O–H groups in total. The number of rotatable bonds is 2. The van der Waals surface area contributed by atoms with Gasteiger partial charge in [0, 0.05) is 35.4 Å². The number of H-pyrrole nitrogens is 1. The van der Waals surface area contributed by atoms with Crippen molar-refractivity contribution in [1.29, 1.82) is 0 Å². The maximum absolute atomic E-state index is 11.4. The summed E-state index contributed by atoms with van der Waals surface area (Å²) in [6.07, 6.45) is 1.96. The summed E-state index contributed by atoms with van der Waals surface area (Å²) in [7, 11) is 1.94. The zero-order valence-electron chi connectivity index (χ0n) is 10.9. The van der Waals surface area contributed by atoms with Crippen LogP contribution in [0.4, 0.5) is 0 Å². The topological polar surface area (TPSA) is 63.8 Å². The molecule has 2 heterocycles. The molecular weight excluding hydrogens is 238 g/mol. The van der Waals surface area contributed by atoms with Crippen LogP contribution in [-0.4, -0.2) is 15.5 Å². The van der Waals surface area contributed by atoms with Crippen molar-refractivity contribution < 1.29 is 4.79 Å². The van der Waals surface area contributed by atoms with Crippen molar-refractivity contribution in [2.75, 3.05) is 0 Å². The third-order valence-corrected chi connectivity index (χ3v) is 3.67. The van der Waals surface area contributed by atoms with Crippen LogP contribution in [0.25, 0.3) is 22.2 Å². The van der Waals surface area contributed by atoms with Crippen molar-refractivity contribution in [2.45, 2.75) is 6.92 Å². The molecule has 19 heavy (non-hydrogen) atoms. The smallest absolute Gasteiger partial charge is 0.250 e. The summed E-state index contributed by atoms with van der Waals surface area (Å²) in [5.74, 6) is -0.390. The van der Waals surface area contributed by atoms with Gasteiger partial charge in [-0.15, -0.1) is 0 Å². The second kappa shape index (κ2) is 4.02. The average Bonchev–Trinajstić information content (AvgIpc) is 2.93. The van der Waals surface area contributed by atoms with E-state index in [0.29, 0.717) is 5.56 Å². The third kappa shape index (κ3) is 1.64. The van der Waals surface area contributed by atoms with Crippen LogP contribution >= 0.6 is 0 Å². The maximum atomic E-state index is 11.4. The third-order valence-electron chi connectivity index (χ3n) is 3.67. The lowest BCUT2D eigenvalue weighted by Crippen LogP contribution is -2.11. The van der Waals surface area contributed by atoms with E-state index in [4.69, 9.17) is 5.73 Å². The molecule has 0 aliphatic heterocycles. The van der Waals surface area contributed by atoms with E-state index in [0.717, 1.165) is 27.9 Å². The molecule has 4 heteroatoms. The molecular formula is C15H15N3O. The van der Waals surface area contributed by atoms with E-state index in [1.807, 2.05) is 49.0 Å². The lowest BCUT2D eigenvalue weighted by atomic mass is 10.1. The van der Waals surface area contributed by atoms with Gasteiger partial charge in [-0.3, -0.25) is 4.79 Å². The van der Waals surface area contributed by atoms with Crippen molar-refractivity contribution in [2.24, 2.45) is 12.8 Å². The second-order valence-corrected chi connectivity index (χ2v) is 4.70. The number of hydrogen-bond acceptors (Lipinski definition) is 1. The minimum atomic E-state index is -0.390. The number of aromatic amines is 1. The van der Waals surface area contributed by atoms with Crippen LogP contribution in [0.15, 0.2) is 36.5 Å². The van der Waals surface area contributed by atoms with Crippen LogP contribution in [-0.2, 0) is 7.05 Å². The second-order valence-electron chi connectivity index (χ2n) is 4.70. The van der Waals surface area contributed by atoms with Gasteiger partial charge in [0.25, 0.3) is 5.91 Å². The lowest BCUT2D eigenvalue weighted by Gasteiger charge is -2.03. The average molecular weight is 253 g/mol. The molecule has 3 aromatic rings. The fourth-order valence-corrected chi connectivity index (χ4v) is 2.49. The Morgan fingerprint density at radius 1 is 1.32 bits per heavy atom. The van der Waals surface area contributed by atoms with Gasteiger partial charge in [-0.25, -0.2) is 0 Å². The van der Waals surface area contributed by atoms with Crippen molar-refractivity contribution in [3.63, 3.8) is 0 Å². The van der Waals surface area contributed by atoms with Crippen LogP contribution < -0.4 is 5.73 Å². The lowest BCUT2D eigenvalue weighted by molar-refractivity contribution is 0.0999. The number of hydrogen-bond donors (Lipinski definition) is 2. The quantitative estimate of drug-likeness (QED) is 0.724. The van der Waals surface area contributed by atoms with Crippen LogP contribution in [0, 0.1) is 6.92 Å². The van der Waals surface area contributed by atoms with Gasteiger partial charge in [-0.1, -0.05) is 18.2 Å². The number of carbonyl (C=O) groups excluding carboxylic acids is 1. The summed E-state index contributed by atoms with van der Waals surface area (Å²) in [6.45, 7) is 1.90. The van der Waals surface area contributed by atoms with Gasteiger partial charge in [0.05, 0.1) is 11.3 Å². The highest BCUT2D eigenvalue weighted by molar-refractivity contribution is 5.99. The molecule has 0 spiro atoms. The van der Waals surface area contributed by atoms with Gasteiger partial charge in [0.15, 0.2) is 0 Å². The summed E-state index contributed by atoms with van der Waals surface area (Å²) < 4.78 is 2.00. The highest BCUT2D eigenvalue weighted by Gasteiger charge is 2.16. The fraction of sp³-hybridized carbons (Fsp3) is 0.133. The molecule has 0 saturated carbocycles. The van der Waals surface area contributed by atoms with Crippen LogP contribution in [0.3, 0.4) is 0 Å². The predicted molar refractivity (Wildman–Crippen MR) is 76.0 cm³/mol. The van der Waals surface area contributed by atoms with E-state index in [9.17, 15) is 4.79 Å². The summed E-state index contributed by atoms with van der Waals surface area (Å²) in [5, 5.41) is 1.14. The molecule has 96 valence electrons. The normalized spacial score (nSPS) is 11.1. The van der Waals surface area contributed by atoms with E-state index in [1.165, 1.54) is 0 Å². The monoisotopic (exact) mass is 253 g/mol. The number of primary amides is 1. The molecule has 2 aromatic heterocycles. The fourth-order valence-electron chi connectivity index (χ4n) is 2.49. The van der Waals surface area contributed by atoms with Gasteiger partial charge in [0.2, 0.25) is 0 Å². The van der Waals surface area contributed by atoms with Crippen molar-refractivity contribution in [3.05, 3.63) is 47.8 Å². The Morgan fingerprint density at radius 3 is 2.74 bits per heavy atom. The van der Waals surface area contributed by atoms with Crippen LogP contribution in [0.2, 0.25) is 0 Å². The zero-order chi connectivity index (χ0) is 13.6. The number of nitrogens with zero attached hydrogens (tertiary/aromatic N) is 1. The molecule has 0 radical (unpaired) electrons. The molecule has 0 aliphatic carbocycles. The van der Waals surface area contributed by atoms with Crippen LogP contribution in [0.5, 0.6) is 0 Å². The van der Waals surface area contributed by atoms with E-state index in [1.54, 1.807) is 0 Å². The Balaban J connectivity index is 2.28. The summed E-state index contributed by atoms with van der Waals surface area (Å²) in [5.41, 5.74) is 10.0. The summed E-state index contributed by atoms with van der Waals surface area (Å²) in [4.78, 5) is 14.7. The number of carbonyl (C=O) groups is 1. The number of amides is 1. The molecule has 0 atom stereocenters. The van der Waals surface area contributed by atoms with Gasteiger partial charge < -0.3 is 15.3 Å². The SMILES string of the molecule is Cc1c(C(N)=O)cc(-c2c[nH]c3ccccc23)n1C. The van der Waals surface area contributed by atoms with E-state index in [2.05, 4.69) is 11.1 Å². The van der Waals surface area contributed by atoms with Crippen molar-refractivity contribution in [1.82, 2.24) is 9.55 Å². The number of nitrogens with one attached hydrogen (secondary N) is 1. The molecule has 0 unspecified atom stereocenters. The first kappa shape index (κ1) is 11.6.